The van der Waals surface area contributed by atoms with Crippen LogP contribution in [0.15, 0.2) is 133 Å². The summed E-state index contributed by atoms with van der Waals surface area (Å²) in [5.41, 5.74) is 34.2. The molecule has 0 radical (unpaired) electrons. The molecule has 12 aromatic rings. The van der Waals surface area contributed by atoms with Gasteiger partial charge in [0.25, 0.3) is 6.71 Å². The Morgan fingerprint density at radius 3 is 1.50 bits per heavy atom. The standard InChI is InChI=1S/C84H88BN3/c1-44(2)47-23-22-24-54(33-47)86-68-35-48(45(3)4)25-28-57(68)71-70(86)43-66-78-73(71)72-63(83(19,20)21)34-49(46(5)6)36-69(72)87(78)67-32-31-60-77-74(67)85(66)65-42-53(82(16,17)18)38-59-58-37-52(81(13,14)15)41-64(75(58)88(77)76(59)65)84(60)61-39-50(79(7,8)9)26-29-55(61)56-30-27-51(40-62(56)84)80(10,11)12/h22-46H,1-21H3. The molecule has 9 aromatic carbocycles. The number of hydrogen-bond acceptors (Lipinski definition) is 0. The van der Waals surface area contributed by atoms with E-state index in [1.165, 1.54) is 177 Å². The van der Waals surface area contributed by atoms with Gasteiger partial charge in [0.15, 0.2) is 0 Å². The maximum absolute atomic E-state index is 2.84. The SMILES string of the molecule is CC(C)c1cccc(-n2c3cc(C(C)C)ccc3c3c4c5c(C(C)(C)C)cc(C(C)C)cc5n5c4c(cc32)B2c3c-5ccc4c3-n3c5c2cc(C(C)(C)C)cc5c2cc(C(C)(C)C)cc(c23)C42c3cc(C(C)(C)C)ccc3-c3ccc(C(C)(C)C)cc32)c1. The molecule has 0 atom stereocenters. The van der Waals surface area contributed by atoms with E-state index in [0.29, 0.717) is 17.8 Å². The number of aromatic nitrogens is 3. The Labute approximate surface area is 523 Å². The minimum Gasteiger partial charge on any atom is -0.310 e. The zero-order chi connectivity index (χ0) is 62.1. The van der Waals surface area contributed by atoms with Crippen LogP contribution in [0.1, 0.15) is 230 Å². The quantitative estimate of drug-likeness (QED) is 0.156. The molecule has 0 bridgehead atoms. The van der Waals surface area contributed by atoms with Crippen molar-refractivity contribution in [3.8, 4) is 28.2 Å². The van der Waals surface area contributed by atoms with Gasteiger partial charge in [-0.15, -0.1) is 0 Å². The van der Waals surface area contributed by atoms with Crippen LogP contribution in [-0.2, 0) is 32.5 Å². The lowest BCUT2D eigenvalue weighted by atomic mass is 9.33. The molecule has 3 aliphatic heterocycles. The minimum absolute atomic E-state index is 0.0766. The fourth-order valence-electron chi connectivity index (χ4n) is 16.9. The number of fused-ring (bicyclic) bond motifs is 18. The summed E-state index contributed by atoms with van der Waals surface area (Å²) in [5.74, 6) is 1.08. The molecule has 6 heterocycles. The second-order valence-electron chi connectivity index (χ2n) is 33.6. The highest BCUT2D eigenvalue weighted by molar-refractivity contribution is 7.00. The first kappa shape index (κ1) is 55.7. The number of benzene rings is 9. The Morgan fingerprint density at radius 2 is 0.909 bits per heavy atom. The topological polar surface area (TPSA) is 14.8 Å². The van der Waals surface area contributed by atoms with Gasteiger partial charge < -0.3 is 13.7 Å². The normalized spacial score (nSPS) is 15.0. The first-order valence-electron chi connectivity index (χ1n) is 33.2. The molecule has 4 aliphatic rings. The zero-order valence-corrected chi connectivity index (χ0v) is 56.4. The maximum Gasteiger partial charge on any atom is 0.252 e. The smallest absolute Gasteiger partial charge is 0.252 e. The van der Waals surface area contributed by atoms with Gasteiger partial charge >= 0.3 is 0 Å². The predicted octanol–water partition coefficient (Wildman–Crippen LogP) is 20.7. The van der Waals surface area contributed by atoms with E-state index in [9.17, 15) is 0 Å². The fraction of sp³-hybridized carbons (Fsp3) is 0.357. The second kappa shape index (κ2) is 17.4. The van der Waals surface area contributed by atoms with Crippen LogP contribution in [0, 0.1) is 0 Å². The van der Waals surface area contributed by atoms with Crippen LogP contribution in [0.3, 0.4) is 0 Å². The molecule has 3 nitrogen and oxygen atoms in total. The summed E-state index contributed by atoms with van der Waals surface area (Å²) in [5, 5.41) is 8.19. The lowest BCUT2D eigenvalue weighted by Gasteiger charge is -2.45. The fourth-order valence-corrected chi connectivity index (χ4v) is 16.9. The third kappa shape index (κ3) is 7.15. The van der Waals surface area contributed by atoms with E-state index in [2.05, 4.69) is 293 Å². The summed E-state index contributed by atoms with van der Waals surface area (Å²) in [6, 6.07) is 55.9. The molecule has 3 aromatic heterocycles. The molecule has 0 saturated heterocycles. The van der Waals surface area contributed by atoms with Crippen LogP contribution >= 0.6 is 0 Å². The summed E-state index contributed by atoms with van der Waals surface area (Å²) in [6.45, 7) is 50.4. The van der Waals surface area contributed by atoms with Crippen molar-refractivity contribution in [3.63, 3.8) is 0 Å². The molecule has 0 N–H and O–H groups in total. The Kier molecular flexibility index (Phi) is 11.0. The van der Waals surface area contributed by atoms with Crippen LogP contribution < -0.4 is 16.4 Å². The Morgan fingerprint density at radius 1 is 0.364 bits per heavy atom. The number of nitrogens with zero attached hydrogens (tertiary/aromatic N) is 3. The molecule has 1 aliphatic carbocycles. The van der Waals surface area contributed by atoms with E-state index < -0.39 is 5.41 Å². The van der Waals surface area contributed by atoms with Gasteiger partial charge in [-0.3, -0.25) is 0 Å². The van der Waals surface area contributed by atoms with Crippen molar-refractivity contribution >= 4 is 88.5 Å². The Bertz CT molecular complexity index is 5070. The van der Waals surface area contributed by atoms with Crippen molar-refractivity contribution in [2.24, 2.45) is 0 Å². The van der Waals surface area contributed by atoms with Crippen LogP contribution in [0.4, 0.5) is 0 Å². The van der Waals surface area contributed by atoms with E-state index >= 15 is 0 Å². The van der Waals surface area contributed by atoms with Gasteiger partial charge in [0.05, 0.1) is 33.0 Å². The lowest BCUT2D eigenvalue weighted by Crippen LogP contribution is -2.60. The van der Waals surface area contributed by atoms with Gasteiger partial charge in [-0.1, -0.05) is 230 Å². The van der Waals surface area contributed by atoms with E-state index in [0.717, 1.165) is 0 Å². The molecular weight excluding hydrogens is 1060 g/mol. The van der Waals surface area contributed by atoms with Crippen LogP contribution in [0.5, 0.6) is 0 Å². The molecule has 4 heteroatoms. The minimum atomic E-state index is -0.652. The number of hydrogen-bond donors (Lipinski definition) is 0. The summed E-state index contributed by atoms with van der Waals surface area (Å²) < 4.78 is 8.33. The van der Waals surface area contributed by atoms with Crippen molar-refractivity contribution in [1.82, 2.24) is 13.7 Å². The van der Waals surface area contributed by atoms with Crippen molar-refractivity contribution in [3.05, 3.63) is 200 Å². The van der Waals surface area contributed by atoms with Crippen molar-refractivity contribution in [2.45, 2.75) is 196 Å². The molecule has 442 valence electrons. The highest BCUT2D eigenvalue weighted by Crippen LogP contribution is 2.63. The maximum atomic E-state index is 2.84. The monoisotopic (exact) mass is 1150 g/mol. The summed E-state index contributed by atoms with van der Waals surface area (Å²) >= 11 is 0. The van der Waals surface area contributed by atoms with Crippen molar-refractivity contribution in [1.29, 1.82) is 0 Å². The van der Waals surface area contributed by atoms with E-state index in [1.807, 2.05) is 0 Å². The second-order valence-corrected chi connectivity index (χ2v) is 33.6. The Hall–Kier alpha value is -7.56. The third-order valence-corrected chi connectivity index (χ3v) is 21.8. The predicted molar refractivity (Wildman–Crippen MR) is 381 cm³/mol. The highest BCUT2D eigenvalue weighted by atomic mass is 15.1. The summed E-state index contributed by atoms with van der Waals surface area (Å²) in [7, 11) is 0. The largest absolute Gasteiger partial charge is 0.310 e. The third-order valence-electron chi connectivity index (χ3n) is 21.8. The van der Waals surface area contributed by atoms with Gasteiger partial charge in [-0.2, -0.15) is 0 Å². The lowest BCUT2D eigenvalue weighted by molar-refractivity contribution is 0.583. The van der Waals surface area contributed by atoms with Crippen molar-refractivity contribution in [2.75, 3.05) is 0 Å². The zero-order valence-electron chi connectivity index (χ0n) is 56.4. The molecule has 0 saturated carbocycles. The molecule has 0 amide bonds. The van der Waals surface area contributed by atoms with Gasteiger partial charge in [0.1, 0.15) is 0 Å². The first-order chi connectivity index (χ1) is 41.3. The molecule has 16 rings (SSSR count). The first-order valence-corrected chi connectivity index (χ1v) is 33.2. The van der Waals surface area contributed by atoms with Crippen LogP contribution in [0.2, 0.25) is 0 Å². The van der Waals surface area contributed by atoms with E-state index in [4.69, 9.17) is 0 Å². The molecule has 1 spiro atoms. The molecule has 88 heavy (non-hydrogen) atoms. The van der Waals surface area contributed by atoms with E-state index in [-0.39, 0.29) is 33.8 Å². The summed E-state index contributed by atoms with van der Waals surface area (Å²) in [4.78, 5) is 0. The summed E-state index contributed by atoms with van der Waals surface area (Å²) in [6.07, 6.45) is 0. The van der Waals surface area contributed by atoms with Gasteiger partial charge in [0.2, 0.25) is 0 Å². The molecule has 0 unspecified atom stereocenters. The average molecular weight is 1150 g/mol. The van der Waals surface area contributed by atoms with Crippen LogP contribution in [-0.4, -0.2) is 20.4 Å². The van der Waals surface area contributed by atoms with Crippen LogP contribution in [0.25, 0.3) is 93.6 Å². The van der Waals surface area contributed by atoms with Gasteiger partial charge in [-0.05, 0) is 188 Å². The average Bonchev–Trinajstić information content (AvgIpc) is 1.41. The van der Waals surface area contributed by atoms with Crippen molar-refractivity contribution < 1.29 is 0 Å². The molecular formula is C84H88BN3. The molecule has 0 fully saturated rings. The Balaban J connectivity index is 1.19. The highest BCUT2D eigenvalue weighted by Gasteiger charge is 2.56. The van der Waals surface area contributed by atoms with Gasteiger partial charge in [0, 0.05) is 54.9 Å². The number of rotatable bonds is 4. The van der Waals surface area contributed by atoms with E-state index in [1.54, 1.807) is 0 Å². The van der Waals surface area contributed by atoms with Gasteiger partial charge in [-0.25, -0.2) is 0 Å².